The topological polar surface area (TPSA) is 88.7 Å². The van der Waals surface area contributed by atoms with Crippen LogP contribution in [0.15, 0.2) is 18.3 Å². The minimum absolute atomic E-state index is 0.254. The van der Waals surface area contributed by atoms with Crippen molar-refractivity contribution in [1.29, 1.82) is 0 Å². The van der Waals surface area contributed by atoms with Gasteiger partial charge in [0.2, 0.25) is 5.78 Å². The van der Waals surface area contributed by atoms with E-state index < -0.39 is 23.6 Å². The molecule has 1 aliphatic heterocycles. The Balaban J connectivity index is 1.84. The molecular weight excluding hydrogens is 312 g/mol. The molecule has 1 aliphatic rings. The molecule has 0 aromatic carbocycles. The number of likely N-dealkylation sites (tertiary alicyclic amines) is 1. The highest BCUT2D eigenvalue weighted by Crippen LogP contribution is 2.20. The summed E-state index contributed by atoms with van der Waals surface area (Å²) < 4.78 is 10.4. The SMILES string of the molecule is CC(C)(C)OC(=O)N1CCC[C@H](C(=O)OCC(=O)c2ccc[nH]2)C1. The van der Waals surface area contributed by atoms with Gasteiger partial charge in [-0.2, -0.15) is 0 Å². The Labute approximate surface area is 141 Å². The van der Waals surface area contributed by atoms with Crippen LogP contribution in [0.2, 0.25) is 0 Å². The van der Waals surface area contributed by atoms with Gasteiger partial charge in [-0.3, -0.25) is 9.59 Å². The maximum atomic E-state index is 12.2. The number of carbonyl (C=O) groups is 3. The Bertz CT molecular complexity index is 589. The Kier molecular flexibility index (Phi) is 5.64. The number of hydrogen-bond donors (Lipinski definition) is 1. The first-order valence-electron chi connectivity index (χ1n) is 8.07. The molecule has 0 unspecified atom stereocenters. The van der Waals surface area contributed by atoms with E-state index in [9.17, 15) is 14.4 Å². The number of aromatic amines is 1. The Morgan fingerprint density at radius 1 is 1.33 bits per heavy atom. The van der Waals surface area contributed by atoms with E-state index >= 15 is 0 Å². The number of rotatable bonds is 4. The van der Waals surface area contributed by atoms with Crippen LogP contribution in [-0.4, -0.2) is 53.0 Å². The molecule has 1 aromatic heterocycles. The van der Waals surface area contributed by atoms with E-state index in [4.69, 9.17) is 9.47 Å². The number of hydrogen-bond acceptors (Lipinski definition) is 5. The second kappa shape index (κ2) is 7.51. The van der Waals surface area contributed by atoms with Crippen LogP contribution in [0.4, 0.5) is 4.79 Å². The zero-order valence-electron chi connectivity index (χ0n) is 14.3. The van der Waals surface area contributed by atoms with E-state index in [0.29, 0.717) is 25.1 Å². The smallest absolute Gasteiger partial charge is 0.410 e. The maximum absolute atomic E-state index is 12.2. The van der Waals surface area contributed by atoms with Gasteiger partial charge in [-0.25, -0.2) is 4.79 Å². The second-order valence-electron chi connectivity index (χ2n) is 6.88. The minimum atomic E-state index is -0.576. The maximum Gasteiger partial charge on any atom is 0.410 e. The van der Waals surface area contributed by atoms with Crippen LogP contribution in [0, 0.1) is 5.92 Å². The molecule has 1 atom stereocenters. The number of esters is 1. The lowest BCUT2D eigenvalue weighted by Gasteiger charge is -2.33. The number of nitrogens with one attached hydrogen (secondary N) is 1. The molecular formula is C17H24N2O5. The average Bonchev–Trinajstić information content (AvgIpc) is 3.05. The van der Waals surface area contributed by atoms with E-state index in [1.54, 1.807) is 39.1 Å². The van der Waals surface area contributed by atoms with Crippen molar-refractivity contribution < 1.29 is 23.9 Å². The lowest BCUT2D eigenvalue weighted by Crippen LogP contribution is -2.45. The molecule has 1 aromatic rings. The largest absolute Gasteiger partial charge is 0.457 e. The lowest BCUT2D eigenvalue weighted by atomic mass is 9.98. The second-order valence-corrected chi connectivity index (χ2v) is 6.88. The third-order valence-electron chi connectivity index (χ3n) is 3.65. The predicted octanol–water partition coefficient (Wildman–Crippen LogP) is 2.39. The highest BCUT2D eigenvalue weighted by atomic mass is 16.6. The van der Waals surface area contributed by atoms with Gasteiger partial charge < -0.3 is 19.4 Å². The van der Waals surface area contributed by atoms with Gasteiger partial charge in [-0.1, -0.05) is 0 Å². The zero-order chi connectivity index (χ0) is 17.7. The fourth-order valence-corrected chi connectivity index (χ4v) is 2.50. The highest BCUT2D eigenvalue weighted by molar-refractivity contribution is 5.96. The lowest BCUT2D eigenvalue weighted by molar-refractivity contribution is -0.149. The van der Waals surface area contributed by atoms with E-state index in [1.807, 2.05) is 0 Å². The average molecular weight is 336 g/mol. The summed E-state index contributed by atoms with van der Waals surface area (Å²) in [4.78, 5) is 40.4. The van der Waals surface area contributed by atoms with Gasteiger partial charge in [0, 0.05) is 19.3 Å². The van der Waals surface area contributed by atoms with Gasteiger partial charge in [-0.15, -0.1) is 0 Å². The first-order valence-corrected chi connectivity index (χ1v) is 8.07. The monoisotopic (exact) mass is 336 g/mol. The molecule has 2 rings (SSSR count). The zero-order valence-corrected chi connectivity index (χ0v) is 14.3. The van der Waals surface area contributed by atoms with Crippen molar-refractivity contribution in [2.24, 2.45) is 5.92 Å². The van der Waals surface area contributed by atoms with Gasteiger partial charge in [-0.05, 0) is 45.7 Å². The summed E-state index contributed by atoms with van der Waals surface area (Å²) in [6.45, 7) is 5.90. The summed E-state index contributed by atoms with van der Waals surface area (Å²) >= 11 is 0. The molecule has 24 heavy (non-hydrogen) atoms. The standard InChI is InChI=1S/C17H24N2O5/c1-17(2,3)24-16(22)19-9-5-6-12(10-19)15(21)23-11-14(20)13-7-4-8-18-13/h4,7-8,12,18H,5-6,9-11H2,1-3H3/t12-/m0/s1. The number of ether oxygens (including phenoxy) is 2. The van der Waals surface area contributed by atoms with Crippen LogP contribution in [0.3, 0.4) is 0 Å². The summed E-state index contributed by atoms with van der Waals surface area (Å²) in [6, 6.07) is 3.33. The Morgan fingerprint density at radius 3 is 2.71 bits per heavy atom. The van der Waals surface area contributed by atoms with Gasteiger partial charge in [0.1, 0.15) is 5.60 Å². The van der Waals surface area contributed by atoms with Gasteiger partial charge in [0.25, 0.3) is 0 Å². The molecule has 7 heteroatoms. The van der Waals surface area contributed by atoms with Crippen LogP contribution in [0.25, 0.3) is 0 Å². The van der Waals surface area contributed by atoms with E-state index in [0.717, 1.165) is 0 Å². The fourth-order valence-electron chi connectivity index (χ4n) is 2.50. The Morgan fingerprint density at radius 2 is 2.08 bits per heavy atom. The summed E-state index contributed by atoms with van der Waals surface area (Å²) in [7, 11) is 0. The van der Waals surface area contributed by atoms with E-state index in [-0.39, 0.29) is 18.9 Å². The first-order chi connectivity index (χ1) is 11.3. The number of piperidine rings is 1. The van der Waals surface area contributed by atoms with E-state index in [1.165, 1.54) is 4.90 Å². The summed E-state index contributed by atoms with van der Waals surface area (Å²) in [5.74, 6) is -1.17. The van der Waals surface area contributed by atoms with Crippen LogP contribution in [0.5, 0.6) is 0 Å². The number of nitrogens with zero attached hydrogens (tertiary/aromatic N) is 1. The minimum Gasteiger partial charge on any atom is -0.457 e. The van der Waals surface area contributed by atoms with Crippen molar-refractivity contribution >= 4 is 17.8 Å². The fraction of sp³-hybridized carbons (Fsp3) is 0.588. The molecule has 0 radical (unpaired) electrons. The number of carbonyl (C=O) groups excluding carboxylic acids is 3. The first kappa shape index (κ1) is 18.0. The molecule has 132 valence electrons. The highest BCUT2D eigenvalue weighted by Gasteiger charge is 2.32. The van der Waals surface area contributed by atoms with Crippen molar-refractivity contribution in [1.82, 2.24) is 9.88 Å². The quantitative estimate of drug-likeness (QED) is 0.673. The van der Waals surface area contributed by atoms with Gasteiger partial charge >= 0.3 is 12.1 Å². The Hall–Kier alpha value is -2.31. The van der Waals surface area contributed by atoms with Crippen LogP contribution in [-0.2, 0) is 14.3 Å². The van der Waals surface area contributed by atoms with Gasteiger partial charge in [0.05, 0.1) is 11.6 Å². The summed E-state index contributed by atoms with van der Waals surface area (Å²) in [5.41, 5.74) is -0.172. The van der Waals surface area contributed by atoms with Crippen LogP contribution >= 0.6 is 0 Å². The summed E-state index contributed by atoms with van der Waals surface area (Å²) in [5, 5.41) is 0. The molecule has 1 N–H and O–H groups in total. The molecule has 0 saturated carbocycles. The molecule has 2 heterocycles. The molecule has 1 fully saturated rings. The third-order valence-corrected chi connectivity index (χ3v) is 3.65. The van der Waals surface area contributed by atoms with Crippen molar-refractivity contribution in [3.63, 3.8) is 0 Å². The van der Waals surface area contributed by atoms with Crippen molar-refractivity contribution in [2.75, 3.05) is 19.7 Å². The number of aromatic nitrogens is 1. The molecule has 1 saturated heterocycles. The number of H-pyrrole nitrogens is 1. The van der Waals surface area contributed by atoms with Crippen molar-refractivity contribution in [3.8, 4) is 0 Å². The molecule has 7 nitrogen and oxygen atoms in total. The van der Waals surface area contributed by atoms with Crippen LogP contribution in [0.1, 0.15) is 44.1 Å². The van der Waals surface area contributed by atoms with E-state index in [2.05, 4.69) is 4.98 Å². The predicted molar refractivity (Wildman–Crippen MR) is 86.6 cm³/mol. The van der Waals surface area contributed by atoms with Crippen molar-refractivity contribution in [3.05, 3.63) is 24.0 Å². The number of Topliss-reactive ketones (excluding diaryl/α,β-unsaturated/α-hetero) is 1. The normalized spacial score (nSPS) is 18.1. The molecule has 0 bridgehead atoms. The third kappa shape index (κ3) is 5.11. The molecule has 1 amide bonds. The summed E-state index contributed by atoms with van der Waals surface area (Å²) in [6.07, 6.45) is 2.54. The van der Waals surface area contributed by atoms with Crippen LogP contribution < -0.4 is 0 Å². The van der Waals surface area contributed by atoms with Crippen molar-refractivity contribution in [2.45, 2.75) is 39.2 Å². The number of amides is 1. The van der Waals surface area contributed by atoms with Gasteiger partial charge in [0.15, 0.2) is 6.61 Å². The molecule has 0 spiro atoms. The molecule has 0 aliphatic carbocycles. The number of ketones is 1.